The number of piperidine rings is 1. The lowest BCUT2D eigenvalue weighted by molar-refractivity contribution is 0.223. The Morgan fingerprint density at radius 2 is 2.00 bits per heavy atom. The van der Waals surface area contributed by atoms with Gasteiger partial charge in [0.05, 0.1) is 0 Å². The van der Waals surface area contributed by atoms with Crippen molar-refractivity contribution in [2.24, 2.45) is 5.92 Å². The van der Waals surface area contributed by atoms with Crippen LogP contribution in [-0.2, 0) is 0 Å². The maximum atomic E-state index is 3.79. The van der Waals surface area contributed by atoms with E-state index in [1.165, 1.54) is 31.5 Å². The van der Waals surface area contributed by atoms with Crippen LogP contribution < -0.4 is 5.32 Å². The van der Waals surface area contributed by atoms with E-state index in [9.17, 15) is 0 Å². The fourth-order valence-electron chi connectivity index (χ4n) is 3.07. The van der Waals surface area contributed by atoms with E-state index in [0.29, 0.717) is 17.9 Å². The standard InChI is InChI=1S/C17H28N2/c1-14(2)17(15-8-5-4-6-9-15)12-18-16-10-7-11-19(3)13-16/h4-6,8-9,14,16-18H,7,10-13H2,1-3H3. The highest BCUT2D eigenvalue weighted by Crippen LogP contribution is 2.23. The van der Waals surface area contributed by atoms with E-state index in [-0.39, 0.29) is 0 Å². The Hall–Kier alpha value is -0.860. The number of benzene rings is 1. The molecule has 0 aromatic heterocycles. The molecule has 2 atom stereocenters. The molecule has 0 amide bonds. The average molecular weight is 260 g/mol. The van der Waals surface area contributed by atoms with E-state index in [1.807, 2.05) is 0 Å². The lowest BCUT2D eigenvalue weighted by Crippen LogP contribution is -2.45. The number of rotatable bonds is 5. The molecule has 2 nitrogen and oxygen atoms in total. The molecule has 1 aromatic carbocycles. The first-order valence-electron chi connectivity index (χ1n) is 7.63. The number of likely N-dealkylation sites (tertiary alicyclic amines) is 1. The van der Waals surface area contributed by atoms with Gasteiger partial charge in [0.2, 0.25) is 0 Å². The van der Waals surface area contributed by atoms with Gasteiger partial charge in [-0.2, -0.15) is 0 Å². The molecule has 0 saturated carbocycles. The van der Waals surface area contributed by atoms with Crippen molar-refractivity contribution >= 4 is 0 Å². The second kappa shape index (κ2) is 7.06. The first-order chi connectivity index (χ1) is 9.16. The molecule has 1 N–H and O–H groups in total. The van der Waals surface area contributed by atoms with Gasteiger partial charge in [0.15, 0.2) is 0 Å². The Kier molecular flexibility index (Phi) is 5.41. The minimum atomic E-state index is 0.619. The van der Waals surface area contributed by atoms with E-state index in [4.69, 9.17) is 0 Å². The molecule has 106 valence electrons. The summed E-state index contributed by atoms with van der Waals surface area (Å²) in [6.07, 6.45) is 2.65. The van der Waals surface area contributed by atoms with Crippen molar-refractivity contribution in [3.8, 4) is 0 Å². The zero-order chi connectivity index (χ0) is 13.7. The molecule has 0 radical (unpaired) electrons. The normalized spacial score (nSPS) is 22.6. The molecular weight excluding hydrogens is 232 g/mol. The number of nitrogens with one attached hydrogen (secondary N) is 1. The van der Waals surface area contributed by atoms with Gasteiger partial charge in [0.25, 0.3) is 0 Å². The lowest BCUT2D eigenvalue weighted by Gasteiger charge is -2.32. The van der Waals surface area contributed by atoms with E-state index >= 15 is 0 Å². The second-order valence-corrected chi connectivity index (χ2v) is 6.27. The summed E-state index contributed by atoms with van der Waals surface area (Å²) in [7, 11) is 2.23. The topological polar surface area (TPSA) is 15.3 Å². The SMILES string of the molecule is CC(C)C(CNC1CCCN(C)C1)c1ccccc1. The maximum absolute atomic E-state index is 3.79. The molecule has 2 unspecified atom stereocenters. The van der Waals surface area contributed by atoms with Crippen molar-refractivity contribution < 1.29 is 0 Å². The van der Waals surface area contributed by atoms with Gasteiger partial charge in [-0.1, -0.05) is 44.2 Å². The third-order valence-corrected chi connectivity index (χ3v) is 4.28. The quantitative estimate of drug-likeness (QED) is 0.875. The van der Waals surface area contributed by atoms with Crippen LogP contribution >= 0.6 is 0 Å². The molecule has 0 bridgehead atoms. The third kappa shape index (κ3) is 4.32. The molecule has 1 heterocycles. The van der Waals surface area contributed by atoms with Gasteiger partial charge in [-0.25, -0.2) is 0 Å². The van der Waals surface area contributed by atoms with Crippen molar-refractivity contribution in [3.63, 3.8) is 0 Å². The largest absolute Gasteiger partial charge is 0.312 e. The highest BCUT2D eigenvalue weighted by molar-refractivity contribution is 5.20. The molecule has 1 fully saturated rings. The van der Waals surface area contributed by atoms with Crippen LogP contribution in [0.2, 0.25) is 0 Å². The van der Waals surface area contributed by atoms with Crippen LogP contribution in [0.1, 0.15) is 38.2 Å². The van der Waals surface area contributed by atoms with Crippen LogP contribution in [0, 0.1) is 5.92 Å². The summed E-state index contributed by atoms with van der Waals surface area (Å²) in [6, 6.07) is 11.6. The van der Waals surface area contributed by atoms with E-state index < -0.39 is 0 Å². The first-order valence-corrected chi connectivity index (χ1v) is 7.63. The fourth-order valence-corrected chi connectivity index (χ4v) is 3.07. The second-order valence-electron chi connectivity index (χ2n) is 6.27. The van der Waals surface area contributed by atoms with Crippen LogP contribution in [0.3, 0.4) is 0 Å². The van der Waals surface area contributed by atoms with Crippen LogP contribution in [0.15, 0.2) is 30.3 Å². The van der Waals surface area contributed by atoms with Gasteiger partial charge >= 0.3 is 0 Å². The molecule has 1 aliphatic heterocycles. The van der Waals surface area contributed by atoms with Crippen LogP contribution in [0.25, 0.3) is 0 Å². The molecule has 19 heavy (non-hydrogen) atoms. The zero-order valence-corrected chi connectivity index (χ0v) is 12.6. The molecule has 0 aliphatic carbocycles. The number of hydrogen-bond acceptors (Lipinski definition) is 2. The molecule has 1 aromatic rings. The van der Waals surface area contributed by atoms with Gasteiger partial charge in [0.1, 0.15) is 0 Å². The summed E-state index contributed by atoms with van der Waals surface area (Å²) in [6.45, 7) is 8.20. The Morgan fingerprint density at radius 3 is 2.63 bits per heavy atom. The molecular formula is C17H28N2. The Morgan fingerprint density at radius 1 is 1.26 bits per heavy atom. The minimum absolute atomic E-state index is 0.619. The summed E-state index contributed by atoms with van der Waals surface area (Å²) in [4.78, 5) is 2.44. The van der Waals surface area contributed by atoms with Crippen LogP contribution in [-0.4, -0.2) is 37.6 Å². The predicted octanol–water partition coefficient (Wildman–Crippen LogP) is 3.11. The highest BCUT2D eigenvalue weighted by Gasteiger charge is 2.20. The molecule has 2 heteroatoms. The number of likely N-dealkylation sites (N-methyl/N-ethyl adjacent to an activating group) is 1. The summed E-state index contributed by atoms with van der Waals surface area (Å²) in [5.74, 6) is 1.30. The average Bonchev–Trinajstić information content (AvgIpc) is 2.40. The number of hydrogen-bond donors (Lipinski definition) is 1. The summed E-state index contributed by atoms with van der Waals surface area (Å²) in [5.41, 5.74) is 1.47. The summed E-state index contributed by atoms with van der Waals surface area (Å²) >= 11 is 0. The van der Waals surface area contributed by atoms with Gasteiger partial charge in [-0.15, -0.1) is 0 Å². The van der Waals surface area contributed by atoms with E-state index in [0.717, 1.165) is 6.54 Å². The van der Waals surface area contributed by atoms with Crippen molar-refractivity contribution in [3.05, 3.63) is 35.9 Å². The maximum Gasteiger partial charge on any atom is 0.0195 e. The molecule has 1 aliphatic rings. The lowest BCUT2D eigenvalue weighted by atomic mass is 9.88. The van der Waals surface area contributed by atoms with E-state index in [1.54, 1.807) is 0 Å². The summed E-state index contributed by atoms with van der Waals surface area (Å²) in [5, 5.41) is 3.79. The van der Waals surface area contributed by atoms with Crippen LogP contribution in [0.4, 0.5) is 0 Å². The minimum Gasteiger partial charge on any atom is -0.312 e. The van der Waals surface area contributed by atoms with Gasteiger partial charge in [-0.3, -0.25) is 0 Å². The number of nitrogens with zero attached hydrogens (tertiary/aromatic N) is 1. The van der Waals surface area contributed by atoms with Crippen molar-refractivity contribution in [1.29, 1.82) is 0 Å². The van der Waals surface area contributed by atoms with Gasteiger partial charge in [-0.05, 0) is 43.8 Å². The molecule has 0 spiro atoms. The van der Waals surface area contributed by atoms with Crippen molar-refractivity contribution in [1.82, 2.24) is 10.2 Å². The van der Waals surface area contributed by atoms with Crippen molar-refractivity contribution in [2.75, 3.05) is 26.7 Å². The Bertz CT molecular complexity index is 361. The van der Waals surface area contributed by atoms with Crippen molar-refractivity contribution in [2.45, 2.75) is 38.6 Å². The molecule has 2 rings (SSSR count). The van der Waals surface area contributed by atoms with E-state index in [2.05, 4.69) is 61.4 Å². The zero-order valence-electron chi connectivity index (χ0n) is 12.6. The van der Waals surface area contributed by atoms with Gasteiger partial charge < -0.3 is 10.2 Å². The highest BCUT2D eigenvalue weighted by atomic mass is 15.1. The smallest absolute Gasteiger partial charge is 0.0195 e. The first kappa shape index (κ1) is 14.5. The Labute approximate surface area is 118 Å². The molecule has 1 saturated heterocycles. The Balaban J connectivity index is 1.91. The van der Waals surface area contributed by atoms with Crippen LogP contribution in [0.5, 0.6) is 0 Å². The summed E-state index contributed by atoms with van der Waals surface area (Å²) < 4.78 is 0. The monoisotopic (exact) mass is 260 g/mol. The fraction of sp³-hybridized carbons (Fsp3) is 0.647. The predicted molar refractivity (Wildman–Crippen MR) is 82.5 cm³/mol. The third-order valence-electron chi connectivity index (χ3n) is 4.28. The van der Waals surface area contributed by atoms with Gasteiger partial charge in [0, 0.05) is 19.1 Å².